The van der Waals surface area contributed by atoms with Crippen molar-refractivity contribution in [2.45, 2.75) is 6.92 Å². The third-order valence-electron chi connectivity index (χ3n) is 2.66. The van der Waals surface area contributed by atoms with E-state index in [2.05, 4.69) is 5.32 Å². The van der Waals surface area contributed by atoms with E-state index < -0.39 is 5.91 Å². The van der Waals surface area contributed by atoms with Crippen molar-refractivity contribution >= 4 is 34.8 Å². The number of aryl methyl sites for hydroxylation is 1. The third kappa shape index (κ3) is 3.00. The summed E-state index contributed by atoms with van der Waals surface area (Å²) in [6, 6.07) is 9.72. The lowest BCUT2D eigenvalue weighted by molar-refractivity contribution is 0.102. The van der Waals surface area contributed by atoms with E-state index in [1.807, 2.05) is 0 Å². The zero-order valence-electron chi connectivity index (χ0n) is 10.1. The Morgan fingerprint density at radius 2 is 1.79 bits per heavy atom. The number of nitrogens with one attached hydrogen (secondary N) is 1. The van der Waals surface area contributed by atoms with Gasteiger partial charge in [-0.2, -0.15) is 0 Å². The van der Waals surface area contributed by atoms with Crippen molar-refractivity contribution in [3.8, 4) is 5.75 Å². The van der Waals surface area contributed by atoms with Gasteiger partial charge in [-0.15, -0.1) is 0 Å². The van der Waals surface area contributed by atoms with Gasteiger partial charge in [0.2, 0.25) is 0 Å². The van der Waals surface area contributed by atoms with Crippen LogP contribution in [0.2, 0.25) is 10.0 Å². The topological polar surface area (TPSA) is 49.3 Å². The lowest BCUT2D eigenvalue weighted by atomic mass is 10.1. The van der Waals surface area contributed by atoms with Gasteiger partial charge in [-0.05, 0) is 30.7 Å². The van der Waals surface area contributed by atoms with Crippen LogP contribution in [-0.2, 0) is 0 Å². The van der Waals surface area contributed by atoms with Gasteiger partial charge in [0, 0.05) is 11.8 Å². The molecule has 5 heteroatoms. The standard InChI is InChI=1S/C14H11Cl2NO2/c1-8-5-6-9(7-12(8)18)17-14(19)13-10(15)3-2-4-11(13)16/h2-7,18H,1H3,(H,17,19). The molecule has 19 heavy (non-hydrogen) atoms. The summed E-state index contributed by atoms with van der Waals surface area (Å²) in [4.78, 5) is 12.1. The summed E-state index contributed by atoms with van der Waals surface area (Å²) >= 11 is 11.9. The number of benzene rings is 2. The normalized spacial score (nSPS) is 10.3. The van der Waals surface area contributed by atoms with Gasteiger partial charge in [0.05, 0.1) is 15.6 Å². The van der Waals surface area contributed by atoms with Crippen molar-refractivity contribution in [1.29, 1.82) is 0 Å². The average molecular weight is 296 g/mol. The maximum Gasteiger partial charge on any atom is 0.258 e. The third-order valence-corrected chi connectivity index (χ3v) is 3.29. The molecule has 0 aliphatic carbocycles. The fraction of sp³-hybridized carbons (Fsp3) is 0.0714. The lowest BCUT2D eigenvalue weighted by Crippen LogP contribution is -2.13. The molecule has 0 spiro atoms. The molecule has 2 rings (SSSR count). The molecular weight excluding hydrogens is 285 g/mol. The molecule has 0 saturated heterocycles. The molecule has 98 valence electrons. The molecule has 0 saturated carbocycles. The molecule has 2 aromatic rings. The molecule has 0 fully saturated rings. The number of phenols is 1. The first-order valence-corrected chi connectivity index (χ1v) is 6.29. The van der Waals surface area contributed by atoms with Crippen LogP contribution >= 0.6 is 23.2 Å². The number of aromatic hydroxyl groups is 1. The molecule has 0 aromatic heterocycles. The summed E-state index contributed by atoms with van der Waals surface area (Å²) in [6.07, 6.45) is 0. The highest BCUT2D eigenvalue weighted by Crippen LogP contribution is 2.26. The summed E-state index contributed by atoms with van der Waals surface area (Å²) < 4.78 is 0. The van der Waals surface area contributed by atoms with E-state index in [4.69, 9.17) is 23.2 Å². The minimum absolute atomic E-state index is 0.114. The van der Waals surface area contributed by atoms with E-state index in [0.29, 0.717) is 5.69 Å². The van der Waals surface area contributed by atoms with E-state index in [-0.39, 0.29) is 21.4 Å². The van der Waals surface area contributed by atoms with Gasteiger partial charge in [0.15, 0.2) is 0 Å². The second-order valence-corrected chi connectivity index (χ2v) is 4.87. The molecule has 2 N–H and O–H groups in total. The van der Waals surface area contributed by atoms with Crippen LogP contribution in [0.25, 0.3) is 0 Å². The SMILES string of the molecule is Cc1ccc(NC(=O)c2c(Cl)cccc2Cl)cc1O. The maximum atomic E-state index is 12.1. The van der Waals surface area contributed by atoms with Crippen LogP contribution in [0.15, 0.2) is 36.4 Å². The molecule has 0 aliphatic heterocycles. The number of rotatable bonds is 2. The van der Waals surface area contributed by atoms with Gasteiger partial charge in [0.25, 0.3) is 5.91 Å². The number of hydrogen-bond acceptors (Lipinski definition) is 2. The van der Waals surface area contributed by atoms with Crippen molar-refractivity contribution < 1.29 is 9.90 Å². The summed E-state index contributed by atoms with van der Waals surface area (Å²) in [5.74, 6) is -0.304. The van der Waals surface area contributed by atoms with Crippen molar-refractivity contribution in [1.82, 2.24) is 0 Å². The van der Waals surface area contributed by atoms with E-state index in [9.17, 15) is 9.90 Å². The van der Waals surface area contributed by atoms with Gasteiger partial charge >= 0.3 is 0 Å². The second kappa shape index (κ2) is 5.51. The molecule has 0 bridgehead atoms. The number of anilines is 1. The van der Waals surface area contributed by atoms with E-state index in [0.717, 1.165) is 5.56 Å². The summed E-state index contributed by atoms with van der Waals surface area (Å²) in [5, 5.41) is 12.8. The number of amides is 1. The zero-order valence-corrected chi connectivity index (χ0v) is 11.6. The van der Waals surface area contributed by atoms with Gasteiger partial charge < -0.3 is 10.4 Å². The number of carbonyl (C=O) groups is 1. The van der Waals surface area contributed by atoms with Crippen LogP contribution in [0.5, 0.6) is 5.75 Å². The van der Waals surface area contributed by atoms with Crippen molar-refractivity contribution in [3.05, 3.63) is 57.6 Å². The van der Waals surface area contributed by atoms with E-state index in [1.54, 1.807) is 37.3 Å². The number of phenolic OH excluding ortho intramolecular Hbond substituents is 1. The largest absolute Gasteiger partial charge is 0.508 e. The minimum atomic E-state index is -0.418. The molecule has 0 heterocycles. The predicted octanol–water partition coefficient (Wildman–Crippen LogP) is 4.26. The summed E-state index contributed by atoms with van der Waals surface area (Å²) in [6.45, 7) is 1.77. The first-order valence-electron chi connectivity index (χ1n) is 5.54. The molecule has 0 atom stereocenters. The van der Waals surface area contributed by atoms with Crippen molar-refractivity contribution in [2.75, 3.05) is 5.32 Å². The Kier molecular flexibility index (Phi) is 3.98. The Labute approximate surface area is 120 Å². The average Bonchev–Trinajstić information content (AvgIpc) is 2.33. The lowest BCUT2D eigenvalue weighted by Gasteiger charge is -2.09. The van der Waals surface area contributed by atoms with Gasteiger partial charge in [-0.25, -0.2) is 0 Å². The summed E-state index contributed by atoms with van der Waals surface area (Å²) in [5.41, 5.74) is 1.42. The van der Waals surface area contributed by atoms with Crippen LogP contribution in [0, 0.1) is 6.92 Å². The number of carbonyl (C=O) groups excluding carboxylic acids is 1. The quantitative estimate of drug-likeness (QED) is 0.870. The fourth-order valence-electron chi connectivity index (χ4n) is 1.60. The van der Waals surface area contributed by atoms with Crippen LogP contribution in [0.3, 0.4) is 0 Å². The van der Waals surface area contributed by atoms with Crippen LogP contribution in [0.4, 0.5) is 5.69 Å². The fourth-order valence-corrected chi connectivity index (χ4v) is 2.16. The minimum Gasteiger partial charge on any atom is -0.508 e. The van der Waals surface area contributed by atoms with Crippen LogP contribution in [0.1, 0.15) is 15.9 Å². The number of hydrogen-bond donors (Lipinski definition) is 2. The Bertz CT molecular complexity index is 621. The molecular formula is C14H11Cl2NO2. The molecule has 0 unspecified atom stereocenters. The van der Waals surface area contributed by atoms with Crippen molar-refractivity contribution in [2.24, 2.45) is 0 Å². The smallest absolute Gasteiger partial charge is 0.258 e. The molecule has 2 aromatic carbocycles. The molecule has 3 nitrogen and oxygen atoms in total. The monoisotopic (exact) mass is 295 g/mol. The van der Waals surface area contributed by atoms with Crippen molar-refractivity contribution in [3.63, 3.8) is 0 Å². The Balaban J connectivity index is 2.28. The van der Waals surface area contributed by atoms with E-state index >= 15 is 0 Å². The highest BCUT2D eigenvalue weighted by molar-refractivity contribution is 6.40. The van der Waals surface area contributed by atoms with Gasteiger partial charge in [-0.3, -0.25) is 4.79 Å². The molecule has 0 radical (unpaired) electrons. The van der Waals surface area contributed by atoms with Crippen LogP contribution in [-0.4, -0.2) is 11.0 Å². The van der Waals surface area contributed by atoms with Gasteiger partial charge in [-0.1, -0.05) is 35.3 Å². The Morgan fingerprint density at radius 1 is 1.16 bits per heavy atom. The molecule has 0 aliphatic rings. The zero-order chi connectivity index (χ0) is 14.0. The van der Waals surface area contributed by atoms with Crippen LogP contribution < -0.4 is 5.32 Å². The Hall–Kier alpha value is -1.71. The second-order valence-electron chi connectivity index (χ2n) is 4.05. The first kappa shape index (κ1) is 13.7. The highest BCUT2D eigenvalue weighted by atomic mass is 35.5. The predicted molar refractivity (Wildman–Crippen MR) is 77.3 cm³/mol. The van der Waals surface area contributed by atoms with E-state index in [1.165, 1.54) is 6.07 Å². The Morgan fingerprint density at radius 3 is 2.37 bits per heavy atom. The molecule has 1 amide bonds. The van der Waals surface area contributed by atoms with Gasteiger partial charge in [0.1, 0.15) is 5.75 Å². The summed E-state index contributed by atoms with van der Waals surface area (Å²) in [7, 11) is 0. The highest BCUT2D eigenvalue weighted by Gasteiger charge is 2.14. The maximum absolute atomic E-state index is 12.1. The number of halogens is 2. The first-order chi connectivity index (χ1) is 8.99.